The van der Waals surface area contributed by atoms with Crippen LogP contribution in [-0.2, 0) is 24.6 Å². The summed E-state index contributed by atoms with van der Waals surface area (Å²) in [6.07, 6.45) is 3.07. The first-order chi connectivity index (χ1) is 22.2. The molecule has 1 N–H and O–H groups in total. The number of nitrogens with one attached hydrogen (secondary N) is 1. The predicted octanol–water partition coefficient (Wildman–Crippen LogP) is 7.19. The number of aromatic nitrogens is 1. The van der Waals surface area contributed by atoms with E-state index in [0.29, 0.717) is 40.8 Å². The van der Waals surface area contributed by atoms with Crippen molar-refractivity contribution in [2.24, 2.45) is 7.05 Å². The van der Waals surface area contributed by atoms with Crippen molar-refractivity contribution in [1.82, 2.24) is 9.47 Å². The number of piperidine rings is 1. The van der Waals surface area contributed by atoms with E-state index in [0.717, 1.165) is 37.2 Å². The maximum absolute atomic E-state index is 13.3. The van der Waals surface area contributed by atoms with Crippen LogP contribution in [0.2, 0.25) is 0 Å². The van der Waals surface area contributed by atoms with Gasteiger partial charge in [0.2, 0.25) is 6.41 Å². The SMILES string of the molecule is Cn1cc(NC(=O)c2ccccc2-c2ccc(C(F)(F)F)cc2)cc1N(C=O)Cc1ccc(N2CCC(N3CCCC3)CC2)cc1. The minimum atomic E-state index is -4.44. The van der Waals surface area contributed by atoms with Crippen LogP contribution in [0.3, 0.4) is 0 Å². The molecular weight excluding hydrogens is 591 g/mol. The molecule has 2 saturated heterocycles. The summed E-state index contributed by atoms with van der Waals surface area (Å²) >= 11 is 0. The zero-order chi connectivity index (χ0) is 32.3. The normalized spacial score (nSPS) is 16.0. The summed E-state index contributed by atoms with van der Waals surface area (Å²) in [6.45, 7) is 4.94. The Labute approximate surface area is 267 Å². The molecule has 4 aromatic rings. The van der Waals surface area contributed by atoms with Crippen LogP contribution in [0.15, 0.2) is 85.1 Å². The molecule has 0 aliphatic carbocycles. The minimum absolute atomic E-state index is 0.320. The molecule has 0 radical (unpaired) electrons. The third kappa shape index (κ3) is 6.97. The summed E-state index contributed by atoms with van der Waals surface area (Å²) in [6, 6.07) is 22.3. The van der Waals surface area contributed by atoms with Crippen molar-refractivity contribution in [1.29, 1.82) is 0 Å². The zero-order valence-electron chi connectivity index (χ0n) is 25.8. The molecule has 1 aromatic heterocycles. The Hall–Kier alpha value is -4.57. The first kappa shape index (κ1) is 31.4. The number of rotatable bonds is 9. The fourth-order valence-electron chi connectivity index (χ4n) is 6.65. The van der Waals surface area contributed by atoms with Crippen molar-refractivity contribution in [3.63, 3.8) is 0 Å². The second-order valence-corrected chi connectivity index (χ2v) is 12.1. The number of amides is 2. The third-order valence-electron chi connectivity index (χ3n) is 9.13. The smallest absolute Gasteiger partial charge is 0.371 e. The lowest BCUT2D eigenvalue weighted by molar-refractivity contribution is -0.137. The number of halogens is 3. The van der Waals surface area contributed by atoms with E-state index in [9.17, 15) is 22.8 Å². The van der Waals surface area contributed by atoms with Gasteiger partial charge in [-0.3, -0.25) is 14.5 Å². The number of benzene rings is 3. The number of hydrogen-bond donors (Lipinski definition) is 1. The molecule has 10 heteroatoms. The fraction of sp³-hybridized carbons (Fsp3) is 0.333. The van der Waals surface area contributed by atoms with Crippen LogP contribution >= 0.6 is 0 Å². The van der Waals surface area contributed by atoms with Crippen molar-refractivity contribution in [3.05, 3.63) is 102 Å². The van der Waals surface area contributed by atoms with Crippen molar-refractivity contribution in [2.45, 2.75) is 44.4 Å². The molecule has 46 heavy (non-hydrogen) atoms. The summed E-state index contributed by atoms with van der Waals surface area (Å²) in [5.41, 5.74) is 3.25. The first-order valence-corrected chi connectivity index (χ1v) is 15.7. The first-order valence-electron chi connectivity index (χ1n) is 15.7. The Bertz CT molecular complexity index is 1650. The summed E-state index contributed by atoms with van der Waals surface area (Å²) in [5.74, 6) is 0.194. The second-order valence-electron chi connectivity index (χ2n) is 12.1. The quantitative estimate of drug-likeness (QED) is 0.199. The zero-order valence-corrected chi connectivity index (χ0v) is 25.8. The van der Waals surface area contributed by atoms with Gasteiger partial charge in [0.1, 0.15) is 5.82 Å². The number of anilines is 3. The maximum Gasteiger partial charge on any atom is 0.416 e. The van der Waals surface area contributed by atoms with Crippen LogP contribution in [-0.4, -0.2) is 54.0 Å². The van der Waals surface area contributed by atoms with Gasteiger partial charge in [-0.2, -0.15) is 13.2 Å². The Morgan fingerprint density at radius 1 is 0.935 bits per heavy atom. The van der Waals surface area contributed by atoms with Crippen molar-refractivity contribution < 1.29 is 22.8 Å². The molecule has 2 amide bonds. The molecule has 0 atom stereocenters. The molecule has 3 heterocycles. The molecule has 0 bridgehead atoms. The average Bonchev–Trinajstić information content (AvgIpc) is 3.74. The van der Waals surface area contributed by atoms with Gasteiger partial charge < -0.3 is 19.7 Å². The highest BCUT2D eigenvalue weighted by atomic mass is 19.4. The summed E-state index contributed by atoms with van der Waals surface area (Å²) in [7, 11) is 1.80. The number of likely N-dealkylation sites (tertiary alicyclic amines) is 1. The number of aryl methyl sites for hydroxylation is 1. The van der Waals surface area contributed by atoms with Gasteiger partial charge in [-0.1, -0.05) is 42.5 Å². The molecule has 2 fully saturated rings. The van der Waals surface area contributed by atoms with Gasteiger partial charge in [0.05, 0.1) is 17.8 Å². The highest BCUT2D eigenvalue weighted by Crippen LogP contribution is 2.33. The highest BCUT2D eigenvalue weighted by molar-refractivity contribution is 6.09. The van der Waals surface area contributed by atoms with Gasteiger partial charge in [0.15, 0.2) is 0 Å². The van der Waals surface area contributed by atoms with E-state index in [-0.39, 0.29) is 0 Å². The van der Waals surface area contributed by atoms with Crippen LogP contribution in [0.4, 0.5) is 30.4 Å². The third-order valence-corrected chi connectivity index (χ3v) is 9.13. The molecule has 240 valence electrons. The highest BCUT2D eigenvalue weighted by Gasteiger charge is 2.30. The lowest BCUT2D eigenvalue weighted by Crippen LogP contribution is -2.43. The lowest BCUT2D eigenvalue weighted by Gasteiger charge is -2.37. The van der Waals surface area contributed by atoms with E-state index in [4.69, 9.17) is 0 Å². The number of hydrogen-bond acceptors (Lipinski definition) is 4. The summed E-state index contributed by atoms with van der Waals surface area (Å²) < 4.78 is 40.9. The Morgan fingerprint density at radius 2 is 1.61 bits per heavy atom. The Balaban J connectivity index is 1.10. The lowest BCUT2D eigenvalue weighted by atomic mass is 9.98. The van der Waals surface area contributed by atoms with E-state index in [1.165, 1.54) is 56.6 Å². The monoisotopic (exact) mass is 629 g/mol. The molecule has 6 rings (SSSR count). The summed E-state index contributed by atoms with van der Waals surface area (Å²) in [5, 5.41) is 2.88. The van der Waals surface area contributed by atoms with Gasteiger partial charge in [0.25, 0.3) is 5.91 Å². The molecular formula is C36H38F3N5O2. The van der Waals surface area contributed by atoms with E-state index in [1.807, 2.05) is 0 Å². The van der Waals surface area contributed by atoms with E-state index < -0.39 is 17.6 Å². The molecule has 2 aliphatic rings. The van der Waals surface area contributed by atoms with Crippen molar-refractivity contribution in [2.75, 3.05) is 41.3 Å². The second kappa shape index (κ2) is 13.4. The van der Waals surface area contributed by atoms with Crippen LogP contribution in [0.25, 0.3) is 11.1 Å². The minimum Gasteiger partial charge on any atom is -0.371 e. The van der Waals surface area contributed by atoms with Crippen LogP contribution in [0.1, 0.15) is 47.2 Å². The molecule has 3 aromatic carbocycles. The van der Waals surface area contributed by atoms with Crippen LogP contribution in [0, 0.1) is 0 Å². The van der Waals surface area contributed by atoms with Crippen LogP contribution < -0.4 is 15.1 Å². The molecule has 2 aliphatic heterocycles. The maximum atomic E-state index is 13.3. The molecule has 0 spiro atoms. The van der Waals surface area contributed by atoms with E-state index in [1.54, 1.807) is 53.0 Å². The standard InChI is InChI=1S/C36H38F3N5O2/c1-41-24-29(40-35(46)33-7-3-2-6-32(33)27-10-12-28(13-11-27)36(37,38)39)22-34(41)44(25-45)23-26-8-14-30(15-9-26)43-20-16-31(17-21-43)42-18-4-5-19-42/h2-3,6-15,22,24-25,31H,4-5,16-21,23H2,1H3,(H,40,46). The Kier molecular flexibility index (Phi) is 9.17. The van der Waals surface area contributed by atoms with E-state index in [2.05, 4.69) is 39.4 Å². The van der Waals surface area contributed by atoms with Crippen molar-refractivity contribution >= 4 is 29.5 Å². The molecule has 0 unspecified atom stereocenters. The Morgan fingerprint density at radius 3 is 2.26 bits per heavy atom. The summed E-state index contributed by atoms with van der Waals surface area (Å²) in [4.78, 5) is 32.2. The average molecular weight is 630 g/mol. The van der Waals surface area contributed by atoms with E-state index >= 15 is 0 Å². The largest absolute Gasteiger partial charge is 0.416 e. The topological polar surface area (TPSA) is 60.8 Å². The molecule has 0 saturated carbocycles. The van der Waals surface area contributed by atoms with Gasteiger partial charge in [-0.15, -0.1) is 0 Å². The molecule has 7 nitrogen and oxygen atoms in total. The number of carbonyl (C=O) groups excluding carboxylic acids is 2. The van der Waals surface area contributed by atoms with Gasteiger partial charge in [0, 0.05) is 49.7 Å². The van der Waals surface area contributed by atoms with Crippen molar-refractivity contribution in [3.8, 4) is 11.1 Å². The number of nitrogens with zero attached hydrogens (tertiary/aromatic N) is 4. The number of alkyl halides is 3. The van der Waals surface area contributed by atoms with Gasteiger partial charge in [-0.25, -0.2) is 0 Å². The number of carbonyl (C=O) groups is 2. The van der Waals surface area contributed by atoms with Crippen LogP contribution in [0.5, 0.6) is 0 Å². The van der Waals surface area contributed by atoms with Gasteiger partial charge >= 0.3 is 6.18 Å². The van der Waals surface area contributed by atoms with Gasteiger partial charge in [-0.05, 0) is 85.8 Å². The fourth-order valence-corrected chi connectivity index (χ4v) is 6.65. The predicted molar refractivity (Wildman–Crippen MR) is 175 cm³/mol.